The number of sulfonamides is 1. The zero-order chi connectivity index (χ0) is 15.6. The Morgan fingerprint density at radius 3 is 2.20 bits per heavy atom. The molecule has 0 aliphatic rings. The lowest BCUT2D eigenvalue weighted by Gasteiger charge is -2.19. The first-order valence-corrected chi connectivity index (χ1v) is 7.88. The van der Waals surface area contributed by atoms with Crippen LogP contribution in [0.2, 0.25) is 0 Å². The third-order valence-electron chi connectivity index (χ3n) is 2.21. The van der Waals surface area contributed by atoms with Crippen LogP contribution in [0.1, 0.15) is 20.3 Å². The second-order valence-electron chi connectivity index (χ2n) is 3.76. The Bertz CT molecular complexity index is 431. The second-order valence-corrected chi connectivity index (χ2v) is 5.85. The summed E-state index contributed by atoms with van der Waals surface area (Å²) in [7, 11) is -3.75. The Morgan fingerprint density at radius 1 is 1.15 bits per heavy atom. The van der Waals surface area contributed by atoms with Crippen LogP contribution in [0, 0.1) is 0 Å². The number of nitrogens with zero attached hydrogens (tertiary/aromatic N) is 1. The monoisotopic (exact) mass is 307 g/mol. The fraction of sp³-hybridized carbons (Fsp3) is 0.667. The molecule has 0 bridgehead atoms. The Balaban J connectivity index is 4.66. The van der Waals surface area contributed by atoms with Gasteiger partial charge >= 0.3 is 11.9 Å². The summed E-state index contributed by atoms with van der Waals surface area (Å²) in [6.45, 7) is 6.65. The fourth-order valence-electron chi connectivity index (χ4n) is 1.35. The van der Waals surface area contributed by atoms with Gasteiger partial charge < -0.3 is 9.47 Å². The Kier molecular flexibility index (Phi) is 8.82. The van der Waals surface area contributed by atoms with Gasteiger partial charge in [0.2, 0.25) is 10.0 Å². The zero-order valence-electron chi connectivity index (χ0n) is 11.8. The van der Waals surface area contributed by atoms with Gasteiger partial charge in [0.25, 0.3) is 0 Å². The Morgan fingerprint density at radius 2 is 1.70 bits per heavy atom. The Hall–Kier alpha value is -1.41. The van der Waals surface area contributed by atoms with Gasteiger partial charge in [-0.1, -0.05) is 6.08 Å². The first kappa shape index (κ1) is 18.6. The molecule has 0 amide bonds. The summed E-state index contributed by atoms with van der Waals surface area (Å²) in [4.78, 5) is 22.5. The van der Waals surface area contributed by atoms with Crippen LogP contribution in [0.5, 0.6) is 0 Å². The van der Waals surface area contributed by atoms with E-state index in [-0.39, 0.29) is 26.2 Å². The van der Waals surface area contributed by atoms with E-state index in [4.69, 9.17) is 4.74 Å². The molecule has 0 spiro atoms. The molecule has 0 aromatic rings. The SMILES string of the molecule is C=CCN(CC(=O)OCC)S(=O)(=O)CCC(=O)OCC. The molecule has 0 fully saturated rings. The van der Waals surface area contributed by atoms with Gasteiger partial charge in [-0.25, -0.2) is 8.42 Å². The molecule has 0 saturated carbocycles. The highest BCUT2D eigenvalue weighted by atomic mass is 32.2. The zero-order valence-corrected chi connectivity index (χ0v) is 12.6. The first-order chi connectivity index (χ1) is 9.37. The van der Waals surface area contributed by atoms with Crippen molar-refractivity contribution in [3.8, 4) is 0 Å². The van der Waals surface area contributed by atoms with Crippen LogP contribution in [-0.2, 0) is 29.1 Å². The molecule has 8 heteroatoms. The number of carbonyl (C=O) groups excluding carboxylic acids is 2. The van der Waals surface area contributed by atoms with Crippen LogP contribution in [0.3, 0.4) is 0 Å². The topological polar surface area (TPSA) is 90.0 Å². The number of ether oxygens (including phenoxy) is 2. The fourth-order valence-corrected chi connectivity index (χ4v) is 2.66. The third-order valence-corrected chi connectivity index (χ3v) is 3.99. The lowest BCUT2D eigenvalue weighted by molar-refractivity contribution is -0.143. The highest BCUT2D eigenvalue weighted by Gasteiger charge is 2.25. The minimum absolute atomic E-state index is 0.0238. The summed E-state index contributed by atoms with van der Waals surface area (Å²) in [5, 5.41) is 0. The normalized spacial score (nSPS) is 11.2. The molecule has 20 heavy (non-hydrogen) atoms. The quantitative estimate of drug-likeness (QED) is 0.426. The van der Waals surface area contributed by atoms with Crippen molar-refractivity contribution in [3.05, 3.63) is 12.7 Å². The van der Waals surface area contributed by atoms with E-state index in [9.17, 15) is 18.0 Å². The van der Waals surface area contributed by atoms with Crippen molar-refractivity contribution in [3.63, 3.8) is 0 Å². The van der Waals surface area contributed by atoms with E-state index in [1.165, 1.54) is 6.08 Å². The van der Waals surface area contributed by atoms with E-state index in [0.717, 1.165) is 4.31 Å². The van der Waals surface area contributed by atoms with Gasteiger partial charge in [-0.3, -0.25) is 9.59 Å². The molecular weight excluding hydrogens is 286 g/mol. The summed E-state index contributed by atoms with van der Waals surface area (Å²) in [6.07, 6.45) is 1.10. The van der Waals surface area contributed by atoms with Crippen molar-refractivity contribution in [1.82, 2.24) is 4.31 Å². The van der Waals surface area contributed by atoms with Crippen molar-refractivity contribution >= 4 is 22.0 Å². The maximum absolute atomic E-state index is 12.0. The van der Waals surface area contributed by atoms with E-state index in [0.29, 0.717) is 0 Å². The van der Waals surface area contributed by atoms with E-state index < -0.39 is 34.3 Å². The summed E-state index contributed by atoms with van der Waals surface area (Å²) >= 11 is 0. The van der Waals surface area contributed by atoms with Crippen LogP contribution in [0.15, 0.2) is 12.7 Å². The number of esters is 2. The van der Waals surface area contributed by atoms with E-state index >= 15 is 0 Å². The van der Waals surface area contributed by atoms with Gasteiger partial charge in [0.05, 0.1) is 25.4 Å². The molecule has 7 nitrogen and oxygen atoms in total. The molecule has 0 radical (unpaired) electrons. The van der Waals surface area contributed by atoms with Gasteiger partial charge in [-0.2, -0.15) is 4.31 Å². The standard InChI is InChI=1S/C12H21NO6S/c1-4-8-13(10-12(15)19-6-3)20(16,17)9-7-11(14)18-5-2/h4H,1,5-10H2,2-3H3. The molecule has 0 aromatic heterocycles. The minimum Gasteiger partial charge on any atom is -0.466 e. The molecule has 0 atom stereocenters. The van der Waals surface area contributed by atoms with Crippen molar-refractivity contribution in [2.45, 2.75) is 20.3 Å². The van der Waals surface area contributed by atoms with E-state index in [1.54, 1.807) is 13.8 Å². The predicted octanol–water partition coefficient (Wildman–Crippen LogP) is 0.321. The molecule has 0 rings (SSSR count). The lowest BCUT2D eigenvalue weighted by atomic mass is 10.5. The molecule has 0 heterocycles. The smallest absolute Gasteiger partial charge is 0.321 e. The average molecular weight is 307 g/mol. The highest BCUT2D eigenvalue weighted by Crippen LogP contribution is 2.05. The number of hydrogen-bond acceptors (Lipinski definition) is 6. The molecule has 116 valence electrons. The van der Waals surface area contributed by atoms with E-state index in [1.807, 2.05) is 0 Å². The van der Waals surface area contributed by atoms with Gasteiger partial charge in [-0.15, -0.1) is 6.58 Å². The van der Waals surface area contributed by atoms with Crippen LogP contribution >= 0.6 is 0 Å². The van der Waals surface area contributed by atoms with Crippen molar-refractivity contribution in [2.75, 3.05) is 32.1 Å². The summed E-state index contributed by atoms with van der Waals surface area (Å²) in [5.74, 6) is -1.65. The number of rotatable bonds is 10. The summed E-state index contributed by atoms with van der Waals surface area (Å²) < 4.78 is 34.4. The van der Waals surface area contributed by atoms with E-state index in [2.05, 4.69) is 11.3 Å². The molecular formula is C12H21NO6S. The van der Waals surface area contributed by atoms with Crippen LogP contribution in [0.25, 0.3) is 0 Å². The molecule has 0 N–H and O–H groups in total. The van der Waals surface area contributed by atoms with Crippen LogP contribution in [0.4, 0.5) is 0 Å². The Labute approximate surface area is 119 Å². The molecule has 0 aliphatic heterocycles. The van der Waals surface area contributed by atoms with Gasteiger partial charge in [0.15, 0.2) is 0 Å². The molecule has 0 aliphatic carbocycles. The number of carbonyl (C=O) groups is 2. The highest BCUT2D eigenvalue weighted by molar-refractivity contribution is 7.89. The maximum atomic E-state index is 12.0. The van der Waals surface area contributed by atoms with Crippen molar-refractivity contribution in [2.24, 2.45) is 0 Å². The molecule has 0 unspecified atom stereocenters. The largest absolute Gasteiger partial charge is 0.466 e. The summed E-state index contributed by atoms with van der Waals surface area (Å²) in [6, 6.07) is 0. The van der Waals surface area contributed by atoms with Gasteiger partial charge in [0.1, 0.15) is 6.54 Å². The summed E-state index contributed by atoms with van der Waals surface area (Å²) in [5.41, 5.74) is 0. The predicted molar refractivity (Wildman–Crippen MR) is 73.4 cm³/mol. The van der Waals surface area contributed by atoms with Crippen molar-refractivity contribution in [1.29, 1.82) is 0 Å². The van der Waals surface area contributed by atoms with Gasteiger partial charge in [-0.05, 0) is 13.8 Å². The van der Waals surface area contributed by atoms with Gasteiger partial charge in [0, 0.05) is 6.54 Å². The second kappa shape index (κ2) is 9.49. The lowest BCUT2D eigenvalue weighted by Crippen LogP contribution is -2.38. The molecule has 0 aromatic carbocycles. The third kappa shape index (κ3) is 7.25. The van der Waals surface area contributed by atoms with Crippen LogP contribution < -0.4 is 0 Å². The van der Waals surface area contributed by atoms with Crippen LogP contribution in [-0.4, -0.2) is 56.7 Å². The maximum Gasteiger partial charge on any atom is 0.321 e. The molecule has 0 saturated heterocycles. The van der Waals surface area contributed by atoms with Crippen molar-refractivity contribution < 1.29 is 27.5 Å². The average Bonchev–Trinajstić information content (AvgIpc) is 2.37. The first-order valence-electron chi connectivity index (χ1n) is 6.27. The number of hydrogen-bond donors (Lipinski definition) is 0. The minimum atomic E-state index is -3.75.